The quantitative estimate of drug-likeness (QED) is 0.816. The number of rotatable bonds is 3. The minimum atomic E-state index is -0.794. The van der Waals surface area contributed by atoms with Gasteiger partial charge in [0.2, 0.25) is 0 Å². The highest BCUT2D eigenvalue weighted by Crippen LogP contribution is 2.31. The largest absolute Gasteiger partial charge is 0.491 e. The number of carbonyl (C=O) groups excluding carboxylic acids is 1. The number of amides is 1. The van der Waals surface area contributed by atoms with Crippen LogP contribution in [0.25, 0.3) is 0 Å². The van der Waals surface area contributed by atoms with E-state index >= 15 is 0 Å². The van der Waals surface area contributed by atoms with Crippen molar-refractivity contribution < 1.29 is 16.8 Å². The van der Waals surface area contributed by atoms with Crippen LogP contribution in [0.3, 0.4) is 0 Å². The van der Waals surface area contributed by atoms with Crippen molar-refractivity contribution in [2.24, 2.45) is 0 Å². The minimum absolute atomic E-state index is 0. The number of benzene rings is 1. The molecule has 6 nitrogen and oxygen atoms in total. The van der Waals surface area contributed by atoms with E-state index in [0.29, 0.717) is 12.1 Å². The highest BCUT2D eigenvalue weighted by atomic mass is 19.1. The lowest BCUT2D eigenvalue weighted by Crippen LogP contribution is -2.34. The first-order chi connectivity index (χ1) is 9.54. The molecule has 0 fully saturated rings. The summed E-state index contributed by atoms with van der Waals surface area (Å²) >= 11 is 0. The SMILES string of the molecule is COc1c(Nc2c(F)ccc3c2C(=O)NC3)c(=O)c1=O.[HH].[HH]. The van der Waals surface area contributed by atoms with Gasteiger partial charge in [0.25, 0.3) is 16.8 Å². The van der Waals surface area contributed by atoms with Crippen LogP contribution >= 0.6 is 0 Å². The Morgan fingerprint density at radius 2 is 2.00 bits per heavy atom. The van der Waals surface area contributed by atoms with Crippen molar-refractivity contribution in [3.8, 4) is 5.75 Å². The lowest BCUT2D eigenvalue weighted by atomic mass is 10.1. The number of hydrogen-bond donors (Lipinski definition) is 2. The van der Waals surface area contributed by atoms with Gasteiger partial charge in [0.1, 0.15) is 11.5 Å². The summed E-state index contributed by atoms with van der Waals surface area (Å²) in [5, 5.41) is 5.07. The van der Waals surface area contributed by atoms with Crippen LogP contribution in [0.1, 0.15) is 18.8 Å². The Balaban J connectivity index is 0.00000121. The molecule has 0 saturated carbocycles. The molecule has 106 valence electrons. The highest BCUT2D eigenvalue weighted by Gasteiger charge is 2.28. The molecule has 2 aromatic rings. The Morgan fingerprint density at radius 1 is 1.25 bits per heavy atom. The lowest BCUT2D eigenvalue weighted by molar-refractivity contribution is 0.0966. The molecular formula is C13H13FN2O4. The summed E-state index contributed by atoms with van der Waals surface area (Å²) in [5.74, 6) is -1.28. The molecular weight excluding hydrogens is 267 g/mol. The van der Waals surface area contributed by atoms with Crippen molar-refractivity contribution in [2.45, 2.75) is 6.54 Å². The van der Waals surface area contributed by atoms with Crippen LogP contribution in [0.15, 0.2) is 21.7 Å². The van der Waals surface area contributed by atoms with E-state index in [4.69, 9.17) is 4.74 Å². The third-order valence-electron chi connectivity index (χ3n) is 3.23. The molecule has 1 aliphatic heterocycles. The van der Waals surface area contributed by atoms with Crippen LogP contribution in [-0.4, -0.2) is 13.0 Å². The monoisotopic (exact) mass is 280 g/mol. The molecule has 0 aromatic heterocycles. The molecule has 0 aliphatic carbocycles. The topological polar surface area (TPSA) is 84.5 Å². The van der Waals surface area contributed by atoms with E-state index in [9.17, 15) is 18.8 Å². The molecule has 1 heterocycles. The average molecular weight is 280 g/mol. The molecule has 20 heavy (non-hydrogen) atoms. The normalized spacial score (nSPS) is 13.2. The van der Waals surface area contributed by atoms with Crippen LogP contribution < -0.4 is 26.2 Å². The van der Waals surface area contributed by atoms with E-state index in [1.165, 1.54) is 19.2 Å². The van der Waals surface area contributed by atoms with Gasteiger partial charge in [-0.1, -0.05) is 6.07 Å². The van der Waals surface area contributed by atoms with Crippen LogP contribution in [-0.2, 0) is 6.54 Å². The molecule has 0 unspecified atom stereocenters. The summed E-state index contributed by atoms with van der Waals surface area (Å²) in [6, 6.07) is 2.69. The van der Waals surface area contributed by atoms with Crippen LogP contribution in [0.4, 0.5) is 15.8 Å². The highest BCUT2D eigenvalue weighted by molar-refractivity contribution is 6.04. The lowest BCUT2D eigenvalue weighted by Gasteiger charge is -2.14. The molecule has 3 rings (SSSR count). The van der Waals surface area contributed by atoms with E-state index < -0.39 is 22.6 Å². The fraction of sp³-hybridized carbons (Fsp3) is 0.154. The van der Waals surface area contributed by atoms with Gasteiger partial charge < -0.3 is 15.4 Å². The van der Waals surface area contributed by atoms with Crippen LogP contribution in [0, 0.1) is 5.82 Å². The smallest absolute Gasteiger partial charge is 0.272 e. The molecule has 0 radical (unpaired) electrons. The van der Waals surface area contributed by atoms with Gasteiger partial charge in [0.15, 0.2) is 5.75 Å². The van der Waals surface area contributed by atoms with Gasteiger partial charge in [-0.3, -0.25) is 14.4 Å². The van der Waals surface area contributed by atoms with E-state index in [-0.39, 0.29) is 25.5 Å². The first-order valence-electron chi connectivity index (χ1n) is 5.78. The van der Waals surface area contributed by atoms with E-state index in [2.05, 4.69) is 10.6 Å². The fourth-order valence-electron chi connectivity index (χ4n) is 2.22. The maximum Gasteiger partial charge on any atom is 0.272 e. The number of anilines is 2. The zero-order valence-corrected chi connectivity index (χ0v) is 10.4. The summed E-state index contributed by atoms with van der Waals surface area (Å²) in [6.07, 6.45) is 0. The Labute approximate surface area is 114 Å². The maximum atomic E-state index is 13.9. The summed E-state index contributed by atoms with van der Waals surface area (Å²) in [6.45, 7) is 0.298. The first-order valence-corrected chi connectivity index (χ1v) is 5.78. The third-order valence-corrected chi connectivity index (χ3v) is 3.23. The predicted octanol–water partition coefficient (Wildman–Crippen LogP) is 0.909. The second-order valence-corrected chi connectivity index (χ2v) is 4.33. The zero-order chi connectivity index (χ0) is 14.4. The Hall–Kier alpha value is -2.70. The number of hydrogen-bond acceptors (Lipinski definition) is 5. The van der Waals surface area contributed by atoms with Crippen molar-refractivity contribution >= 4 is 17.3 Å². The second-order valence-electron chi connectivity index (χ2n) is 4.33. The third kappa shape index (κ3) is 1.52. The van der Waals surface area contributed by atoms with Gasteiger partial charge in [0, 0.05) is 9.40 Å². The standard InChI is InChI=1S/C13H9FN2O4.2H2/c1-20-12-9(10(17)11(12)18)16-8-6(14)3-2-5-4-15-13(19)7(5)8;;/h2-3,16H,4H2,1H3,(H,15,19);2*1H. The number of carbonyl (C=O) groups is 1. The minimum Gasteiger partial charge on any atom is -0.491 e. The summed E-state index contributed by atoms with van der Waals surface area (Å²) in [4.78, 5) is 34.4. The van der Waals surface area contributed by atoms with Gasteiger partial charge >= 0.3 is 0 Å². The molecule has 0 saturated heterocycles. The van der Waals surface area contributed by atoms with E-state index in [0.717, 1.165) is 0 Å². The number of methoxy groups -OCH3 is 1. The van der Waals surface area contributed by atoms with Crippen molar-refractivity contribution in [2.75, 3.05) is 12.4 Å². The molecule has 0 spiro atoms. The number of ether oxygens (including phenoxy) is 1. The first kappa shape index (κ1) is 12.3. The number of halogens is 1. The van der Waals surface area contributed by atoms with E-state index in [1.807, 2.05) is 0 Å². The van der Waals surface area contributed by atoms with Crippen LogP contribution in [0.2, 0.25) is 0 Å². The molecule has 0 atom stereocenters. The average Bonchev–Trinajstić information content (AvgIpc) is 2.82. The van der Waals surface area contributed by atoms with E-state index in [1.54, 1.807) is 0 Å². The molecule has 0 bridgehead atoms. The zero-order valence-electron chi connectivity index (χ0n) is 10.4. The van der Waals surface area contributed by atoms with Gasteiger partial charge in [-0.2, -0.15) is 0 Å². The number of nitrogens with one attached hydrogen (secondary N) is 2. The molecule has 2 N–H and O–H groups in total. The van der Waals surface area contributed by atoms with Crippen molar-refractivity contribution in [3.05, 3.63) is 49.5 Å². The van der Waals surface area contributed by atoms with Crippen LogP contribution in [0.5, 0.6) is 5.75 Å². The van der Waals surface area contributed by atoms with Gasteiger partial charge in [0.05, 0.1) is 18.4 Å². The predicted molar refractivity (Wildman–Crippen MR) is 73.0 cm³/mol. The number of fused-ring (bicyclic) bond motifs is 1. The maximum absolute atomic E-state index is 13.9. The fourth-order valence-corrected chi connectivity index (χ4v) is 2.22. The Bertz CT molecular complexity index is 815. The molecule has 2 aromatic carbocycles. The summed E-state index contributed by atoms with van der Waals surface area (Å²) < 4.78 is 18.7. The molecule has 7 heteroatoms. The summed E-state index contributed by atoms with van der Waals surface area (Å²) in [5.41, 5.74) is -1.06. The van der Waals surface area contributed by atoms with Gasteiger partial charge in [-0.05, 0) is 11.6 Å². The van der Waals surface area contributed by atoms with Gasteiger partial charge in [-0.15, -0.1) is 0 Å². The summed E-state index contributed by atoms with van der Waals surface area (Å²) in [7, 11) is 1.24. The molecule has 1 aliphatic rings. The van der Waals surface area contributed by atoms with Gasteiger partial charge in [-0.25, -0.2) is 4.39 Å². The Morgan fingerprint density at radius 3 is 2.70 bits per heavy atom. The van der Waals surface area contributed by atoms with Crippen molar-refractivity contribution in [1.82, 2.24) is 5.32 Å². The van der Waals surface area contributed by atoms with Crippen molar-refractivity contribution in [3.63, 3.8) is 0 Å². The Kier molecular flexibility index (Phi) is 2.56. The second kappa shape index (κ2) is 4.16. The molecule has 1 amide bonds. The van der Waals surface area contributed by atoms with Crippen molar-refractivity contribution in [1.29, 1.82) is 0 Å².